The zero-order chi connectivity index (χ0) is 15.5. The lowest BCUT2D eigenvalue weighted by Gasteiger charge is -2.39. The highest BCUT2D eigenvalue weighted by molar-refractivity contribution is 5.47. The third kappa shape index (κ3) is 2.96. The number of hydrogen-bond donors (Lipinski definition) is 1. The molecule has 1 aromatic rings. The number of ether oxygens (including phenoxy) is 1. The van der Waals surface area contributed by atoms with E-state index in [0.29, 0.717) is 11.5 Å². The third-order valence-corrected chi connectivity index (χ3v) is 5.55. The second-order valence-corrected chi connectivity index (χ2v) is 6.54. The molecule has 0 bridgehead atoms. The van der Waals surface area contributed by atoms with Crippen molar-refractivity contribution in [2.45, 2.75) is 65.8 Å². The van der Waals surface area contributed by atoms with Crippen LogP contribution in [0.4, 0.5) is 0 Å². The van der Waals surface area contributed by atoms with Crippen LogP contribution in [0.3, 0.4) is 0 Å². The van der Waals surface area contributed by atoms with Crippen LogP contribution in [0.5, 0.6) is 5.75 Å². The van der Waals surface area contributed by atoms with Crippen LogP contribution in [-0.2, 0) is 0 Å². The summed E-state index contributed by atoms with van der Waals surface area (Å²) in [5.74, 6) is 1.08. The highest BCUT2D eigenvalue weighted by atomic mass is 16.5. The van der Waals surface area contributed by atoms with Crippen molar-refractivity contribution in [2.75, 3.05) is 13.7 Å². The van der Waals surface area contributed by atoms with E-state index in [9.17, 15) is 0 Å². The molecule has 1 aromatic carbocycles. The number of rotatable bonds is 6. The van der Waals surface area contributed by atoms with Gasteiger partial charge in [-0.25, -0.2) is 0 Å². The maximum absolute atomic E-state index is 5.79. The molecule has 2 heteroatoms. The Balaban J connectivity index is 2.50. The summed E-state index contributed by atoms with van der Waals surface area (Å²) < 4.78 is 5.79. The summed E-state index contributed by atoms with van der Waals surface area (Å²) in [4.78, 5) is 0. The minimum Gasteiger partial charge on any atom is -0.496 e. The molecule has 2 rings (SSSR count). The van der Waals surface area contributed by atoms with E-state index in [1.165, 1.54) is 48.8 Å². The molecule has 2 nitrogen and oxygen atoms in total. The lowest BCUT2D eigenvalue weighted by Crippen LogP contribution is -2.36. The highest BCUT2D eigenvalue weighted by Crippen LogP contribution is 2.52. The molecule has 0 spiro atoms. The van der Waals surface area contributed by atoms with Gasteiger partial charge in [-0.05, 0) is 56.2 Å². The minimum absolute atomic E-state index is 0.394. The summed E-state index contributed by atoms with van der Waals surface area (Å²) in [6.45, 7) is 9.90. The Morgan fingerprint density at radius 3 is 2.38 bits per heavy atom. The molecule has 1 aliphatic rings. The molecule has 0 aromatic heterocycles. The normalized spacial score (nSPS) is 18.7. The number of aryl methyl sites for hydroxylation is 1. The molecule has 1 atom stereocenters. The van der Waals surface area contributed by atoms with Gasteiger partial charge in [-0.15, -0.1) is 0 Å². The fourth-order valence-electron chi connectivity index (χ4n) is 4.10. The molecule has 1 saturated carbocycles. The van der Waals surface area contributed by atoms with E-state index in [1.54, 1.807) is 0 Å². The Kier molecular flexibility index (Phi) is 5.32. The summed E-state index contributed by atoms with van der Waals surface area (Å²) in [7, 11) is 1.81. The van der Waals surface area contributed by atoms with Crippen molar-refractivity contribution in [2.24, 2.45) is 5.41 Å². The van der Waals surface area contributed by atoms with Crippen LogP contribution >= 0.6 is 0 Å². The van der Waals surface area contributed by atoms with Crippen molar-refractivity contribution in [1.29, 1.82) is 0 Å². The van der Waals surface area contributed by atoms with Gasteiger partial charge in [0.2, 0.25) is 0 Å². The molecular formula is C19H31NO. The molecule has 0 aliphatic heterocycles. The van der Waals surface area contributed by atoms with Gasteiger partial charge < -0.3 is 10.1 Å². The van der Waals surface area contributed by atoms with Crippen molar-refractivity contribution < 1.29 is 4.74 Å². The first-order chi connectivity index (χ1) is 10.1. The highest BCUT2D eigenvalue weighted by Gasteiger charge is 2.41. The molecular weight excluding hydrogens is 258 g/mol. The van der Waals surface area contributed by atoms with E-state index in [1.807, 2.05) is 7.11 Å². The quantitative estimate of drug-likeness (QED) is 0.801. The van der Waals surface area contributed by atoms with Crippen LogP contribution < -0.4 is 10.1 Å². The lowest BCUT2D eigenvalue weighted by atomic mass is 9.72. The van der Waals surface area contributed by atoms with Crippen LogP contribution in [0.25, 0.3) is 0 Å². The Labute approximate surface area is 130 Å². The van der Waals surface area contributed by atoms with Crippen LogP contribution in [0.1, 0.15) is 68.7 Å². The van der Waals surface area contributed by atoms with Crippen molar-refractivity contribution in [3.8, 4) is 5.75 Å². The zero-order valence-electron chi connectivity index (χ0n) is 14.4. The molecule has 0 heterocycles. The van der Waals surface area contributed by atoms with Crippen LogP contribution in [-0.4, -0.2) is 13.7 Å². The van der Waals surface area contributed by atoms with Crippen LogP contribution in [0.2, 0.25) is 0 Å². The fraction of sp³-hybridized carbons (Fsp3) is 0.684. The average molecular weight is 289 g/mol. The summed E-state index contributed by atoms with van der Waals surface area (Å²) in [5, 5.41) is 3.77. The Bertz CT molecular complexity index is 475. The zero-order valence-corrected chi connectivity index (χ0v) is 14.4. The predicted octanol–water partition coefficient (Wildman–Crippen LogP) is 4.93. The van der Waals surface area contributed by atoms with Gasteiger partial charge in [-0.2, -0.15) is 0 Å². The first kappa shape index (κ1) is 16.4. The smallest absolute Gasteiger partial charge is 0.126 e. The first-order valence-corrected chi connectivity index (χ1v) is 8.47. The molecule has 0 saturated heterocycles. The monoisotopic (exact) mass is 289 g/mol. The number of methoxy groups -OCH3 is 1. The van der Waals surface area contributed by atoms with Gasteiger partial charge in [0.05, 0.1) is 7.11 Å². The van der Waals surface area contributed by atoms with Crippen molar-refractivity contribution in [3.63, 3.8) is 0 Å². The van der Waals surface area contributed by atoms with Crippen molar-refractivity contribution in [1.82, 2.24) is 5.32 Å². The van der Waals surface area contributed by atoms with E-state index >= 15 is 0 Å². The van der Waals surface area contributed by atoms with Gasteiger partial charge in [-0.3, -0.25) is 0 Å². The van der Waals surface area contributed by atoms with Gasteiger partial charge in [-0.1, -0.05) is 38.8 Å². The van der Waals surface area contributed by atoms with E-state index in [0.717, 1.165) is 12.3 Å². The summed E-state index contributed by atoms with van der Waals surface area (Å²) in [6.07, 6.45) is 6.63. The largest absolute Gasteiger partial charge is 0.496 e. The van der Waals surface area contributed by atoms with Crippen molar-refractivity contribution in [3.05, 3.63) is 28.8 Å². The molecule has 21 heavy (non-hydrogen) atoms. The number of nitrogens with one attached hydrogen (secondary N) is 1. The molecule has 1 unspecified atom stereocenters. The molecule has 1 aliphatic carbocycles. The van der Waals surface area contributed by atoms with E-state index < -0.39 is 0 Å². The van der Waals surface area contributed by atoms with Gasteiger partial charge in [0.15, 0.2) is 0 Å². The SMILES string of the molecule is CCNC(c1ccc(C)c(C)c1OC)C1(CC)CCCC1. The van der Waals surface area contributed by atoms with Gasteiger partial charge in [0, 0.05) is 11.6 Å². The molecule has 1 fully saturated rings. The first-order valence-electron chi connectivity index (χ1n) is 8.47. The topological polar surface area (TPSA) is 21.3 Å². The molecule has 0 radical (unpaired) electrons. The van der Waals surface area contributed by atoms with Crippen LogP contribution in [0.15, 0.2) is 12.1 Å². The summed E-state index contributed by atoms with van der Waals surface area (Å²) >= 11 is 0. The molecule has 0 amide bonds. The predicted molar refractivity (Wildman–Crippen MR) is 90.1 cm³/mol. The maximum atomic E-state index is 5.79. The van der Waals surface area contributed by atoms with E-state index in [2.05, 4.69) is 45.1 Å². The summed E-state index contributed by atoms with van der Waals surface area (Å²) in [5.41, 5.74) is 4.33. The second kappa shape index (κ2) is 6.83. The Morgan fingerprint density at radius 2 is 1.86 bits per heavy atom. The minimum atomic E-state index is 0.394. The van der Waals surface area contributed by atoms with Gasteiger partial charge in [0.1, 0.15) is 5.75 Å². The molecule has 1 N–H and O–H groups in total. The summed E-state index contributed by atoms with van der Waals surface area (Å²) in [6, 6.07) is 4.93. The average Bonchev–Trinajstić information content (AvgIpc) is 2.97. The number of hydrogen-bond acceptors (Lipinski definition) is 2. The van der Waals surface area contributed by atoms with Crippen LogP contribution in [0, 0.1) is 19.3 Å². The van der Waals surface area contributed by atoms with Gasteiger partial charge in [0.25, 0.3) is 0 Å². The van der Waals surface area contributed by atoms with Crippen molar-refractivity contribution >= 4 is 0 Å². The Morgan fingerprint density at radius 1 is 1.19 bits per heavy atom. The standard InChI is InChI=1S/C19H31NO/c1-6-19(12-8-9-13-19)18(20-7-2)16-11-10-14(3)15(4)17(16)21-5/h10-11,18,20H,6-9,12-13H2,1-5H3. The lowest BCUT2D eigenvalue weighted by molar-refractivity contribution is 0.185. The van der Waals surface area contributed by atoms with Gasteiger partial charge >= 0.3 is 0 Å². The fourth-order valence-corrected chi connectivity index (χ4v) is 4.10. The van der Waals surface area contributed by atoms with E-state index in [-0.39, 0.29) is 0 Å². The number of benzene rings is 1. The van der Waals surface area contributed by atoms with E-state index in [4.69, 9.17) is 4.74 Å². The molecule has 118 valence electrons. The third-order valence-electron chi connectivity index (χ3n) is 5.55. The Hall–Kier alpha value is -1.02. The maximum Gasteiger partial charge on any atom is 0.126 e. The second-order valence-electron chi connectivity index (χ2n) is 6.54.